The van der Waals surface area contributed by atoms with Gasteiger partial charge in [-0.25, -0.2) is 23.8 Å². The van der Waals surface area contributed by atoms with E-state index in [-0.39, 0.29) is 29.3 Å². The number of rotatable bonds is 6. The van der Waals surface area contributed by atoms with Gasteiger partial charge in [0.05, 0.1) is 19.3 Å². The summed E-state index contributed by atoms with van der Waals surface area (Å²) in [5, 5.41) is 1.31. The molecular weight excluding hydrogens is 434 g/mol. The Morgan fingerprint density at radius 1 is 1.06 bits per heavy atom. The second-order valence-electron chi connectivity index (χ2n) is 8.49. The summed E-state index contributed by atoms with van der Waals surface area (Å²) in [7, 11) is 0. The van der Waals surface area contributed by atoms with Gasteiger partial charge in [0.25, 0.3) is 5.91 Å². The topological polar surface area (TPSA) is 108 Å². The summed E-state index contributed by atoms with van der Waals surface area (Å²) in [5.74, 6) is -1.86. The number of aromatic nitrogens is 2. The Labute approximate surface area is 190 Å². The number of hydrogen-bond donors (Lipinski definition) is 1. The van der Waals surface area contributed by atoms with Crippen LogP contribution in [-0.2, 0) is 9.63 Å². The number of amides is 2. The zero-order valence-corrected chi connectivity index (χ0v) is 18.1. The summed E-state index contributed by atoms with van der Waals surface area (Å²) in [6, 6.07) is 4.22. The molecule has 3 atom stereocenters. The lowest BCUT2D eigenvalue weighted by Gasteiger charge is -2.27. The molecule has 2 amide bonds. The van der Waals surface area contributed by atoms with Crippen LogP contribution in [0.5, 0.6) is 5.88 Å². The number of primary amides is 1. The highest BCUT2D eigenvalue weighted by Gasteiger charge is 2.36. The van der Waals surface area contributed by atoms with Gasteiger partial charge >= 0.3 is 0 Å². The van der Waals surface area contributed by atoms with E-state index in [0.29, 0.717) is 38.0 Å². The fourth-order valence-electron chi connectivity index (χ4n) is 4.49. The van der Waals surface area contributed by atoms with Gasteiger partial charge in [-0.15, -0.1) is 0 Å². The number of hydrogen-bond acceptors (Lipinski definition) is 6. The summed E-state index contributed by atoms with van der Waals surface area (Å²) < 4.78 is 33.1. The van der Waals surface area contributed by atoms with Gasteiger partial charge in [0.2, 0.25) is 11.8 Å². The molecule has 1 aromatic carbocycles. The Hall–Kier alpha value is -3.14. The first-order chi connectivity index (χ1) is 15.9. The van der Waals surface area contributed by atoms with Crippen LogP contribution < -0.4 is 10.5 Å². The van der Waals surface area contributed by atoms with E-state index in [1.165, 1.54) is 29.6 Å². The van der Waals surface area contributed by atoms with Gasteiger partial charge in [0.1, 0.15) is 23.7 Å². The van der Waals surface area contributed by atoms with Gasteiger partial charge in [-0.2, -0.15) is 0 Å². The fraction of sp³-hybridized carbons (Fsp3) is 0.478. The predicted molar refractivity (Wildman–Crippen MR) is 113 cm³/mol. The van der Waals surface area contributed by atoms with Gasteiger partial charge < -0.3 is 10.5 Å². The number of halogens is 2. The molecule has 4 rings (SSSR count). The van der Waals surface area contributed by atoms with Crippen LogP contribution in [0.1, 0.15) is 60.6 Å². The zero-order valence-electron chi connectivity index (χ0n) is 18.1. The van der Waals surface area contributed by atoms with Crippen LogP contribution in [0, 0.1) is 23.5 Å². The quantitative estimate of drug-likeness (QED) is 0.663. The molecular formula is C23H26F2N4O4. The van der Waals surface area contributed by atoms with Crippen molar-refractivity contribution >= 4 is 11.8 Å². The summed E-state index contributed by atoms with van der Waals surface area (Å²) in [6.45, 7) is 0.728. The number of ether oxygens (including phenoxy) is 1. The average molecular weight is 460 g/mol. The molecule has 2 N–H and O–H groups in total. The minimum absolute atomic E-state index is 0.0878. The van der Waals surface area contributed by atoms with Crippen molar-refractivity contribution in [2.24, 2.45) is 17.6 Å². The molecule has 1 saturated carbocycles. The molecule has 0 spiro atoms. The molecule has 1 aliphatic heterocycles. The molecule has 0 radical (unpaired) electrons. The van der Waals surface area contributed by atoms with E-state index in [1.54, 1.807) is 0 Å². The maximum Gasteiger partial charge on any atom is 0.267 e. The number of nitrogens with zero attached hydrogens (tertiary/aromatic N) is 3. The molecule has 0 bridgehead atoms. The maximum absolute atomic E-state index is 13.7. The molecule has 33 heavy (non-hydrogen) atoms. The number of carbonyl (C=O) groups excluding carboxylic acids is 2. The lowest BCUT2D eigenvalue weighted by atomic mass is 9.96. The first kappa shape index (κ1) is 23.0. The molecule has 2 heterocycles. The third kappa shape index (κ3) is 5.62. The monoisotopic (exact) mass is 460 g/mol. The highest BCUT2D eigenvalue weighted by Crippen LogP contribution is 2.36. The fourth-order valence-corrected chi connectivity index (χ4v) is 4.49. The molecule has 2 aromatic rings. The van der Waals surface area contributed by atoms with Gasteiger partial charge in [0, 0.05) is 24.5 Å². The lowest BCUT2D eigenvalue weighted by molar-refractivity contribution is -0.182. The number of hydroxylamine groups is 2. The number of nitrogens with two attached hydrogens (primary N) is 1. The second-order valence-corrected chi connectivity index (χ2v) is 8.49. The minimum atomic E-state index is -0.673. The van der Waals surface area contributed by atoms with Crippen molar-refractivity contribution < 1.29 is 27.9 Å². The Bertz CT molecular complexity index is 1000. The molecule has 1 aromatic heterocycles. The normalized spacial score (nSPS) is 23.2. The predicted octanol–water partition coefficient (Wildman–Crippen LogP) is 3.33. The van der Waals surface area contributed by atoms with Crippen LogP contribution in [0.4, 0.5) is 8.78 Å². The van der Waals surface area contributed by atoms with Crippen molar-refractivity contribution in [1.29, 1.82) is 0 Å². The molecule has 2 fully saturated rings. The van der Waals surface area contributed by atoms with Gasteiger partial charge in [-0.05, 0) is 49.3 Å². The first-order valence-electron chi connectivity index (χ1n) is 11.1. The standard InChI is InChI=1S/C23H26F2N4O4/c24-17-8-16(9-18(25)10-17)20-6-7-33-29(20)23(31)15-3-1-2-14(4-5-15)12-32-21-11-19(22(26)30)27-13-28-21/h8-11,13-15,20H,1-7,12H2,(H2,26,30)/t14?,15?,20-/m0/s1. The summed E-state index contributed by atoms with van der Waals surface area (Å²) in [4.78, 5) is 37.8. The summed E-state index contributed by atoms with van der Waals surface area (Å²) in [6.07, 6.45) is 5.59. The van der Waals surface area contributed by atoms with E-state index in [1.807, 2.05) is 0 Å². The van der Waals surface area contributed by atoms with E-state index in [2.05, 4.69) is 9.97 Å². The maximum atomic E-state index is 13.7. The van der Waals surface area contributed by atoms with Crippen molar-refractivity contribution in [3.8, 4) is 5.88 Å². The molecule has 1 aliphatic carbocycles. The molecule has 176 valence electrons. The summed E-state index contributed by atoms with van der Waals surface area (Å²) >= 11 is 0. The molecule has 8 nitrogen and oxygen atoms in total. The van der Waals surface area contributed by atoms with Gasteiger partial charge in [-0.1, -0.05) is 6.42 Å². The smallest absolute Gasteiger partial charge is 0.267 e. The van der Waals surface area contributed by atoms with Crippen LogP contribution in [0.2, 0.25) is 0 Å². The molecule has 1 saturated heterocycles. The highest BCUT2D eigenvalue weighted by molar-refractivity contribution is 5.90. The van der Waals surface area contributed by atoms with Crippen molar-refractivity contribution in [2.45, 2.75) is 44.6 Å². The van der Waals surface area contributed by atoms with Gasteiger partial charge in [0.15, 0.2) is 0 Å². The van der Waals surface area contributed by atoms with Crippen LogP contribution in [0.15, 0.2) is 30.6 Å². The Morgan fingerprint density at radius 3 is 2.61 bits per heavy atom. The van der Waals surface area contributed by atoms with E-state index in [0.717, 1.165) is 25.3 Å². The highest BCUT2D eigenvalue weighted by atomic mass is 19.1. The third-order valence-electron chi connectivity index (χ3n) is 6.19. The zero-order chi connectivity index (χ0) is 23.4. The molecule has 2 unspecified atom stereocenters. The second kappa shape index (κ2) is 10.2. The van der Waals surface area contributed by atoms with Crippen LogP contribution in [0.3, 0.4) is 0 Å². The minimum Gasteiger partial charge on any atom is -0.477 e. The SMILES string of the molecule is NC(=O)c1cc(OCC2CCCC(C(=O)N3OCC[C@H]3c3cc(F)cc(F)c3)CC2)ncn1. The molecule has 10 heteroatoms. The first-order valence-corrected chi connectivity index (χ1v) is 11.1. The third-order valence-corrected chi connectivity index (χ3v) is 6.19. The van der Waals surface area contributed by atoms with Crippen molar-refractivity contribution in [3.05, 3.63) is 53.5 Å². The van der Waals surface area contributed by atoms with Crippen molar-refractivity contribution in [1.82, 2.24) is 15.0 Å². The van der Waals surface area contributed by atoms with Crippen LogP contribution in [0.25, 0.3) is 0 Å². The van der Waals surface area contributed by atoms with E-state index in [4.69, 9.17) is 15.3 Å². The Morgan fingerprint density at radius 2 is 1.85 bits per heavy atom. The van der Waals surface area contributed by atoms with Gasteiger partial charge in [-0.3, -0.25) is 14.4 Å². The largest absolute Gasteiger partial charge is 0.477 e. The van der Waals surface area contributed by atoms with E-state index in [9.17, 15) is 18.4 Å². The van der Waals surface area contributed by atoms with Crippen LogP contribution >= 0.6 is 0 Å². The average Bonchev–Trinajstić information content (AvgIpc) is 3.16. The van der Waals surface area contributed by atoms with E-state index >= 15 is 0 Å². The number of carbonyl (C=O) groups is 2. The Kier molecular flexibility index (Phi) is 7.12. The summed E-state index contributed by atoms with van der Waals surface area (Å²) in [5.41, 5.74) is 5.72. The van der Waals surface area contributed by atoms with Crippen molar-refractivity contribution in [2.75, 3.05) is 13.2 Å². The molecule has 2 aliphatic rings. The Balaban J connectivity index is 1.34. The number of benzene rings is 1. The van der Waals surface area contributed by atoms with Crippen molar-refractivity contribution in [3.63, 3.8) is 0 Å². The lowest BCUT2D eigenvalue weighted by Crippen LogP contribution is -2.35. The van der Waals surface area contributed by atoms with Crippen LogP contribution in [-0.4, -0.2) is 40.1 Å². The van der Waals surface area contributed by atoms with E-state index < -0.39 is 23.6 Å².